The third kappa shape index (κ3) is 3.67. The fourth-order valence-corrected chi connectivity index (χ4v) is 4.31. The van der Waals surface area contributed by atoms with Crippen molar-refractivity contribution in [3.05, 3.63) is 27.1 Å². The molecule has 1 fully saturated rings. The fraction of sp³-hybridized carbons (Fsp3) is 0.611. The van der Waals surface area contributed by atoms with Gasteiger partial charge < -0.3 is 10.0 Å². The van der Waals surface area contributed by atoms with Gasteiger partial charge in [-0.2, -0.15) is 0 Å². The van der Waals surface area contributed by atoms with Gasteiger partial charge in [0.05, 0.1) is 30.4 Å². The Kier molecular flexibility index (Phi) is 5.18. The molecule has 1 N–H and O–H groups in total. The number of likely N-dealkylation sites (tertiary alicyclic amines) is 1. The lowest BCUT2D eigenvalue weighted by Gasteiger charge is -2.38. The summed E-state index contributed by atoms with van der Waals surface area (Å²) >= 11 is 1.53. The monoisotopic (exact) mass is 378 g/mol. The van der Waals surface area contributed by atoms with Gasteiger partial charge in [-0.15, -0.1) is 11.3 Å². The van der Waals surface area contributed by atoms with Crippen molar-refractivity contribution in [3.8, 4) is 0 Å². The minimum Gasteiger partial charge on any atom is -0.388 e. The zero-order valence-corrected chi connectivity index (χ0v) is 16.6. The van der Waals surface area contributed by atoms with Gasteiger partial charge in [0.1, 0.15) is 4.83 Å². The lowest BCUT2D eigenvalue weighted by Crippen LogP contribution is -2.50. The summed E-state index contributed by atoms with van der Waals surface area (Å²) in [5.74, 6) is 0.0598. The highest BCUT2D eigenvalue weighted by Gasteiger charge is 2.34. The summed E-state index contributed by atoms with van der Waals surface area (Å²) in [4.78, 5) is 34.5. The quantitative estimate of drug-likeness (QED) is 0.858. The fourth-order valence-electron chi connectivity index (χ4n) is 3.32. The Morgan fingerprint density at radius 2 is 2.00 bits per heavy atom. The largest absolute Gasteiger partial charge is 0.388 e. The van der Waals surface area contributed by atoms with Gasteiger partial charge in [0.15, 0.2) is 0 Å². The molecule has 2 aromatic rings. The molecule has 1 amide bonds. The maximum atomic E-state index is 12.8. The van der Waals surface area contributed by atoms with Gasteiger partial charge in [0.25, 0.3) is 5.56 Å². The number of amides is 1. The van der Waals surface area contributed by atoms with Gasteiger partial charge >= 0.3 is 0 Å². The number of carbonyl (C=O) groups is 1. The van der Waals surface area contributed by atoms with Crippen LogP contribution in [0.1, 0.15) is 23.3 Å². The molecule has 1 saturated heterocycles. The third-order valence-corrected chi connectivity index (χ3v) is 6.38. The predicted octanol–water partition coefficient (Wildman–Crippen LogP) is 0.990. The second kappa shape index (κ2) is 7.09. The molecule has 0 saturated carbocycles. The Bertz CT molecular complexity index is 878. The molecule has 26 heavy (non-hydrogen) atoms. The highest BCUT2D eigenvalue weighted by Crippen LogP contribution is 2.27. The Morgan fingerprint density at radius 1 is 1.35 bits per heavy atom. The van der Waals surface area contributed by atoms with Gasteiger partial charge in [-0.05, 0) is 32.3 Å². The summed E-state index contributed by atoms with van der Waals surface area (Å²) in [5, 5.41) is 11.6. The highest BCUT2D eigenvalue weighted by molar-refractivity contribution is 7.18. The number of fused-ring (bicyclic) bond motifs is 1. The van der Waals surface area contributed by atoms with Gasteiger partial charge in [-0.25, -0.2) is 4.98 Å². The van der Waals surface area contributed by atoms with Crippen LogP contribution in [0.3, 0.4) is 0 Å². The molecule has 0 unspecified atom stereocenters. The normalized spacial score (nSPS) is 17.6. The van der Waals surface area contributed by atoms with E-state index in [1.165, 1.54) is 15.9 Å². The first-order chi connectivity index (χ1) is 12.2. The van der Waals surface area contributed by atoms with Crippen LogP contribution < -0.4 is 5.56 Å². The van der Waals surface area contributed by atoms with E-state index in [2.05, 4.69) is 4.98 Å². The number of rotatable bonds is 4. The Morgan fingerprint density at radius 3 is 2.62 bits per heavy atom. The Hall–Kier alpha value is -1.77. The molecule has 3 heterocycles. The van der Waals surface area contributed by atoms with Gasteiger partial charge in [0, 0.05) is 32.1 Å². The van der Waals surface area contributed by atoms with E-state index in [1.807, 2.05) is 18.7 Å². The van der Waals surface area contributed by atoms with Crippen LogP contribution in [0.4, 0.5) is 0 Å². The minimum absolute atomic E-state index is 0.0598. The molecule has 1 aliphatic heterocycles. The predicted molar refractivity (Wildman–Crippen MR) is 103 cm³/mol. The van der Waals surface area contributed by atoms with Gasteiger partial charge in [-0.1, -0.05) is 0 Å². The molecule has 0 aromatic carbocycles. The summed E-state index contributed by atoms with van der Waals surface area (Å²) in [6.45, 7) is 5.80. The molecule has 0 radical (unpaired) electrons. The SMILES string of the molecule is Cc1sc2ncn(CC3(O)CCN(CC(=O)N(C)C)CC3)c(=O)c2c1C. The average Bonchev–Trinajstić information content (AvgIpc) is 2.88. The van der Waals surface area contributed by atoms with E-state index in [1.54, 1.807) is 25.3 Å². The topological polar surface area (TPSA) is 78.7 Å². The Balaban J connectivity index is 1.73. The van der Waals surface area contributed by atoms with Crippen molar-refractivity contribution >= 4 is 27.5 Å². The number of hydrogen-bond donors (Lipinski definition) is 1. The van der Waals surface area contributed by atoms with E-state index in [0.717, 1.165) is 15.3 Å². The number of carbonyl (C=O) groups excluding carboxylic acids is 1. The van der Waals surface area contributed by atoms with Crippen LogP contribution in [0.5, 0.6) is 0 Å². The number of hydrogen-bond acceptors (Lipinski definition) is 6. The molecule has 3 rings (SSSR count). The van der Waals surface area contributed by atoms with Crippen molar-refractivity contribution in [2.45, 2.75) is 38.8 Å². The standard InChI is InChI=1S/C18H26N4O3S/c1-12-13(2)26-16-15(12)17(24)22(11-19-16)10-18(25)5-7-21(8-6-18)9-14(23)20(3)4/h11,25H,5-10H2,1-4H3. The molecular weight excluding hydrogens is 352 g/mol. The van der Waals surface area contributed by atoms with Crippen molar-refractivity contribution < 1.29 is 9.90 Å². The van der Waals surface area contributed by atoms with Crippen LogP contribution >= 0.6 is 11.3 Å². The molecule has 7 nitrogen and oxygen atoms in total. The van der Waals surface area contributed by atoms with Crippen molar-refractivity contribution in [3.63, 3.8) is 0 Å². The van der Waals surface area contributed by atoms with Crippen LogP contribution in [0.2, 0.25) is 0 Å². The molecule has 2 aromatic heterocycles. The molecule has 1 aliphatic rings. The molecule has 0 spiro atoms. The first-order valence-corrected chi connectivity index (χ1v) is 9.62. The van der Waals surface area contributed by atoms with Crippen LogP contribution in [0, 0.1) is 13.8 Å². The lowest BCUT2D eigenvalue weighted by molar-refractivity contribution is -0.131. The van der Waals surface area contributed by atoms with Crippen LogP contribution in [0.25, 0.3) is 10.2 Å². The second-order valence-electron chi connectivity index (χ2n) is 7.43. The van der Waals surface area contributed by atoms with E-state index in [9.17, 15) is 14.7 Å². The highest BCUT2D eigenvalue weighted by atomic mass is 32.1. The minimum atomic E-state index is -0.949. The zero-order chi connectivity index (χ0) is 19.1. The summed E-state index contributed by atoms with van der Waals surface area (Å²) in [7, 11) is 3.48. The van der Waals surface area contributed by atoms with Crippen molar-refractivity contribution in [1.29, 1.82) is 0 Å². The second-order valence-corrected chi connectivity index (χ2v) is 8.63. The maximum Gasteiger partial charge on any atom is 0.262 e. The van der Waals surface area contributed by atoms with E-state index in [4.69, 9.17) is 0 Å². The number of aromatic nitrogens is 2. The lowest BCUT2D eigenvalue weighted by atomic mass is 9.91. The van der Waals surface area contributed by atoms with Crippen LogP contribution in [0.15, 0.2) is 11.1 Å². The first-order valence-electron chi connectivity index (χ1n) is 8.80. The van der Waals surface area contributed by atoms with Crippen molar-refractivity contribution in [2.24, 2.45) is 0 Å². The number of piperidine rings is 1. The number of aryl methyl sites for hydroxylation is 2. The zero-order valence-electron chi connectivity index (χ0n) is 15.8. The smallest absolute Gasteiger partial charge is 0.262 e. The summed E-state index contributed by atoms with van der Waals surface area (Å²) in [6, 6.07) is 0. The van der Waals surface area contributed by atoms with E-state index in [-0.39, 0.29) is 18.0 Å². The number of thiophene rings is 1. The molecule has 8 heteroatoms. The van der Waals surface area contributed by atoms with Crippen molar-refractivity contribution in [1.82, 2.24) is 19.4 Å². The molecular formula is C18H26N4O3S. The van der Waals surface area contributed by atoms with E-state index in [0.29, 0.717) is 37.9 Å². The molecule has 0 bridgehead atoms. The first kappa shape index (κ1) is 19.0. The van der Waals surface area contributed by atoms with Crippen LogP contribution in [-0.2, 0) is 11.3 Å². The van der Waals surface area contributed by atoms with Crippen molar-refractivity contribution in [2.75, 3.05) is 33.7 Å². The Labute approximate surface area is 156 Å². The summed E-state index contributed by atoms with van der Waals surface area (Å²) < 4.78 is 1.53. The molecule has 0 aliphatic carbocycles. The summed E-state index contributed by atoms with van der Waals surface area (Å²) in [6.07, 6.45) is 2.60. The third-order valence-electron chi connectivity index (χ3n) is 5.26. The van der Waals surface area contributed by atoms with Crippen LogP contribution in [-0.4, -0.2) is 69.7 Å². The molecule has 142 valence electrons. The summed E-state index contributed by atoms with van der Waals surface area (Å²) in [5.41, 5.74) is -0.0631. The maximum absolute atomic E-state index is 12.8. The van der Waals surface area contributed by atoms with Gasteiger partial charge in [-0.3, -0.25) is 19.1 Å². The molecule has 0 atom stereocenters. The average molecular weight is 378 g/mol. The van der Waals surface area contributed by atoms with E-state index >= 15 is 0 Å². The number of aliphatic hydroxyl groups is 1. The van der Waals surface area contributed by atoms with Gasteiger partial charge in [0.2, 0.25) is 5.91 Å². The number of nitrogens with zero attached hydrogens (tertiary/aromatic N) is 4. The number of likely N-dealkylation sites (N-methyl/N-ethyl adjacent to an activating group) is 1. The van der Waals surface area contributed by atoms with E-state index < -0.39 is 5.60 Å².